The van der Waals surface area contributed by atoms with Crippen LogP contribution in [0.1, 0.15) is 21.9 Å². The summed E-state index contributed by atoms with van der Waals surface area (Å²) < 4.78 is 9.68. The largest absolute Gasteiger partial charge is 0.465 e. The van der Waals surface area contributed by atoms with Gasteiger partial charge >= 0.3 is 5.97 Å². The van der Waals surface area contributed by atoms with Gasteiger partial charge in [0.05, 0.1) is 19.6 Å². The van der Waals surface area contributed by atoms with Crippen LogP contribution in [0.25, 0.3) is 0 Å². The molecule has 0 fully saturated rings. The number of furan rings is 1. The first-order valence-electron chi connectivity index (χ1n) is 3.73. The van der Waals surface area contributed by atoms with Crippen LogP contribution in [0.4, 0.5) is 0 Å². The maximum absolute atomic E-state index is 11.1. The molecule has 13 heavy (non-hydrogen) atoms. The van der Waals surface area contributed by atoms with Gasteiger partial charge in [-0.15, -0.1) is 0 Å². The van der Waals surface area contributed by atoms with Gasteiger partial charge in [-0.3, -0.25) is 0 Å². The number of methoxy groups -OCH3 is 1. The van der Waals surface area contributed by atoms with Crippen LogP contribution in [0.5, 0.6) is 0 Å². The van der Waals surface area contributed by atoms with Gasteiger partial charge in [0, 0.05) is 0 Å². The number of carbonyl (C=O) groups excluding carboxylic acids is 1. The highest BCUT2D eigenvalue weighted by Gasteiger charge is 2.14. The molecule has 1 aromatic rings. The van der Waals surface area contributed by atoms with E-state index in [-0.39, 0.29) is 6.42 Å². The molecule has 0 atom stereocenters. The molecule has 1 heterocycles. The summed E-state index contributed by atoms with van der Waals surface area (Å²) in [6, 6.07) is 3.47. The van der Waals surface area contributed by atoms with E-state index >= 15 is 0 Å². The zero-order valence-corrected chi connectivity index (χ0v) is 7.46. The normalized spacial score (nSPS) is 9.31. The molecule has 4 heteroatoms. The summed E-state index contributed by atoms with van der Waals surface area (Å²) in [5.74, 6) is 0.530. The SMILES string of the molecule is COC(=O)c1cc(CC#N)oc1C. The van der Waals surface area contributed by atoms with Crippen LogP contribution in [0.2, 0.25) is 0 Å². The second-order valence-electron chi connectivity index (χ2n) is 2.51. The van der Waals surface area contributed by atoms with Crippen molar-refractivity contribution in [1.29, 1.82) is 5.26 Å². The van der Waals surface area contributed by atoms with E-state index in [0.29, 0.717) is 17.1 Å². The van der Waals surface area contributed by atoms with Gasteiger partial charge in [-0.05, 0) is 13.0 Å². The van der Waals surface area contributed by atoms with Crippen molar-refractivity contribution in [3.8, 4) is 6.07 Å². The van der Waals surface area contributed by atoms with Crippen molar-refractivity contribution in [2.45, 2.75) is 13.3 Å². The second-order valence-corrected chi connectivity index (χ2v) is 2.51. The van der Waals surface area contributed by atoms with Crippen LogP contribution >= 0.6 is 0 Å². The summed E-state index contributed by atoms with van der Waals surface area (Å²) in [6.07, 6.45) is 0.165. The summed E-state index contributed by atoms with van der Waals surface area (Å²) in [4.78, 5) is 11.1. The molecule has 0 unspecified atom stereocenters. The minimum atomic E-state index is -0.439. The standard InChI is InChI=1S/C9H9NO3/c1-6-8(9(11)12-2)5-7(13-6)3-4-10/h5H,3H2,1-2H3. The number of esters is 1. The fourth-order valence-corrected chi connectivity index (χ4v) is 1.02. The molecule has 0 spiro atoms. The fourth-order valence-electron chi connectivity index (χ4n) is 1.02. The number of rotatable bonds is 2. The van der Waals surface area contributed by atoms with E-state index in [0.717, 1.165) is 0 Å². The predicted octanol–water partition coefficient (Wildman–Crippen LogP) is 1.44. The van der Waals surface area contributed by atoms with E-state index in [4.69, 9.17) is 9.68 Å². The van der Waals surface area contributed by atoms with Gasteiger partial charge in [-0.25, -0.2) is 4.79 Å². The molecular formula is C9H9NO3. The summed E-state index contributed by atoms with van der Waals surface area (Å²) in [6.45, 7) is 1.66. The molecule has 68 valence electrons. The Balaban J connectivity index is 2.97. The molecule has 1 rings (SSSR count). The number of nitrogens with zero attached hydrogens (tertiary/aromatic N) is 1. The molecular weight excluding hydrogens is 170 g/mol. The summed E-state index contributed by atoms with van der Waals surface area (Å²) in [5.41, 5.74) is 0.382. The van der Waals surface area contributed by atoms with Crippen LogP contribution in [0.3, 0.4) is 0 Å². The maximum atomic E-state index is 11.1. The maximum Gasteiger partial charge on any atom is 0.341 e. The highest BCUT2D eigenvalue weighted by molar-refractivity contribution is 5.90. The van der Waals surface area contributed by atoms with Crippen molar-refractivity contribution < 1.29 is 13.9 Å². The first kappa shape index (κ1) is 9.33. The molecule has 0 saturated heterocycles. The Hall–Kier alpha value is -1.76. The first-order valence-corrected chi connectivity index (χ1v) is 3.73. The van der Waals surface area contributed by atoms with Gasteiger partial charge in [0.1, 0.15) is 17.1 Å². The third-order valence-electron chi connectivity index (χ3n) is 1.63. The van der Waals surface area contributed by atoms with Crippen molar-refractivity contribution in [1.82, 2.24) is 0 Å². The number of nitriles is 1. The minimum absolute atomic E-state index is 0.165. The smallest absolute Gasteiger partial charge is 0.341 e. The van der Waals surface area contributed by atoms with Crippen LogP contribution in [-0.4, -0.2) is 13.1 Å². The van der Waals surface area contributed by atoms with Gasteiger partial charge < -0.3 is 9.15 Å². The molecule has 0 aliphatic carbocycles. The quantitative estimate of drug-likeness (QED) is 0.644. The zero-order valence-electron chi connectivity index (χ0n) is 7.46. The molecule has 0 radical (unpaired) electrons. The molecule has 0 aromatic carbocycles. The molecule has 0 amide bonds. The van der Waals surface area contributed by atoms with Crippen molar-refractivity contribution in [2.75, 3.05) is 7.11 Å². The molecule has 0 aliphatic heterocycles. The predicted molar refractivity (Wildman–Crippen MR) is 44.1 cm³/mol. The average Bonchev–Trinajstić information content (AvgIpc) is 2.46. The Bertz CT molecular complexity index is 359. The average molecular weight is 179 g/mol. The Morgan fingerprint density at radius 3 is 3.00 bits per heavy atom. The van der Waals surface area contributed by atoms with Gasteiger partial charge in [0.2, 0.25) is 0 Å². The number of hydrogen-bond acceptors (Lipinski definition) is 4. The topological polar surface area (TPSA) is 63.2 Å². The Kier molecular flexibility index (Phi) is 2.70. The molecule has 0 saturated carbocycles. The van der Waals surface area contributed by atoms with Crippen LogP contribution < -0.4 is 0 Å². The zero-order chi connectivity index (χ0) is 9.84. The lowest BCUT2D eigenvalue weighted by Gasteiger charge is -1.93. The Morgan fingerprint density at radius 1 is 1.77 bits per heavy atom. The van der Waals surface area contributed by atoms with E-state index in [1.54, 1.807) is 6.92 Å². The lowest BCUT2D eigenvalue weighted by atomic mass is 10.2. The van der Waals surface area contributed by atoms with Crippen LogP contribution in [0, 0.1) is 18.3 Å². The molecule has 0 bridgehead atoms. The minimum Gasteiger partial charge on any atom is -0.465 e. The van der Waals surface area contributed by atoms with Gasteiger partial charge in [-0.2, -0.15) is 5.26 Å². The van der Waals surface area contributed by atoms with Gasteiger partial charge in [0.25, 0.3) is 0 Å². The van der Waals surface area contributed by atoms with E-state index in [1.165, 1.54) is 13.2 Å². The van der Waals surface area contributed by atoms with Gasteiger partial charge in [-0.1, -0.05) is 0 Å². The number of carbonyl (C=O) groups is 1. The van der Waals surface area contributed by atoms with Crippen LogP contribution in [-0.2, 0) is 11.2 Å². The van der Waals surface area contributed by atoms with E-state index in [1.807, 2.05) is 6.07 Å². The fraction of sp³-hybridized carbons (Fsp3) is 0.333. The monoisotopic (exact) mass is 179 g/mol. The van der Waals surface area contributed by atoms with E-state index < -0.39 is 5.97 Å². The van der Waals surface area contributed by atoms with Gasteiger partial charge in [0.15, 0.2) is 0 Å². The van der Waals surface area contributed by atoms with Crippen LogP contribution in [0.15, 0.2) is 10.5 Å². The summed E-state index contributed by atoms with van der Waals surface area (Å²) in [5, 5.41) is 8.39. The van der Waals surface area contributed by atoms with Crippen molar-refractivity contribution in [3.63, 3.8) is 0 Å². The molecule has 0 aliphatic rings. The van der Waals surface area contributed by atoms with E-state index in [2.05, 4.69) is 4.74 Å². The number of aryl methyl sites for hydroxylation is 1. The highest BCUT2D eigenvalue weighted by atomic mass is 16.5. The Labute approximate surface area is 75.7 Å². The van der Waals surface area contributed by atoms with Crippen molar-refractivity contribution >= 4 is 5.97 Å². The lowest BCUT2D eigenvalue weighted by Crippen LogP contribution is -2.00. The summed E-state index contributed by atoms with van der Waals surface area (Å²) >= 11 is 0. The highest BCUT2D eigenvalue weighted by Crippen LogP contribution is 2.15. The van der Waals surface area contributed by atoms with Crippen molar-refractivity contribution in [3.05, 3.63) is 23.2 Å². The third kappa shape index (κ3) is 1.88. The summed E-state index contributed by atoms with van der Waals surface area (Å²) in [7, 11) is 1.30. The number of ether oxygens (including phenoxy) is 1. The Morgan fingerprint density at radius 2 is 2.46 bits per heavy atom. The lowest BCUT2D eigenvalue weighted by molar-refractivity contribution is 0.0599. The van der Waals surface area contributed by atoms with E-state index in [9.17, 15) is 4.79 Å². The molecule has 0 N–H and O–H groups in total. The number of hydrogen-bond donors (Lipinski definition) is 0. The second kappa shape index (κ2) is 3.76. The van der Waals surface area contributed by atoms with Crippen molar-refractivity contribution in [2.24, 2.45) is 0 Å². The third-order valence-corrected chi connectivity index (χ3v) is 1.63. The molecule has 1 aromatic heterocycles. The molecule has 4 nitrogen and oxygen atoms in total. The first-order chi connectivity index (χ1) is 6.19.